The van der Waals surface area contributed by atoms with Gasteiger partial charge in [-0.15, -0.1) is 10.2 Å². The SMILES string of the molecule is COc1ccc(OC)c(C(=O)CSc2nnc(C)n2C2CCCCC2)c1. The topological polar surface area (TPSA) is 66.2 Å². The van der Waals surface area contributed by atoms with Crippen molar-refractivity contribution < 1.29 is 14.3 Å². The molecule has 0 aliphatic heterocycles. The van der Waals surface area contributed by atoms with E-state index in [2.05, 4.69) is 14.8 Å². The van der Waals surface area contributed by atoms with Crippen molar-refractivity contribution in [2.45, 2.75) is 50.2 Å². The number of aryl methyl sites for hydroxylation is 1. The number of ketones is 1. The maximum Gasteiger partial charge on any atom is 0.191 e. The van der Waals surface area contributed by atoms with Crippen LogP contribution in [-0.4, -0.2) is 40.5 Å². The second kappa shape index (κ2) is 8.58. The van der Waals surface area contributed by atoms with Gasteiger partial charge in [0.25, 0.3) is 0 Å². The summed E-state index contributed by atoms with van der Waals surface area (Å²) in [6, 6.07) is 5.71. The number of carbonyl (C=O) groups is 1. The van der Waals surface area contributed by atoms with Crippen LogP contribution in [0.4, 0.5) is 0 Å². The van der Waals surface area contributed by atoms with Gasteiger partial charge in [0.1, 0.15) is 17.3 Å². The third-order valence-electron chi connectivity index (χ3n) is 4.81. The summed E-state index contributed by atoms with van der Waals surface area (Å²) in [6.07, 6.45) is 6.10. The van der Waals surface area contributed by atoms with Crippen molar-refractivity contribution in [2.24, 2.45) is 0 Å². The fourth-order valence-corrected chi connectivity index (χ4v) is 4.38. The molecular weight excluding hydrogens is 350 g/mol. The number of carbonyl (C=O) groups excluding carboxylic acids is 1. The van der Waals surface area contributed by atoms with E-state index in [1.54, 1.807) is 32.4 Å². The zero-order valence-electron chi connectivity index (χ0n) is 15.5. The van der Waals surface area contributed by atoms with Gasteiger partial charge in [-0.2, -0.15) is 0 Å². The van der Waals surface area contributed by atoms with Crippen LogP contribution in [0.15, 0.2) is 23.4 Å². The molecule has 1 aliphatic rings. The van der Waals surface area contributed by atoms with E-state index in [-0.39, 0.29) is 11.5 Å². The second-order valence-electron chi connectivity index (χ2n) is 6.47. The molecule has 0 radical (unpaired) electrons. The Morgan fingerprint density at radius 2 is 1.96 bits per heavy atom. The molecule has 140 valence electrons. The number of aromatic nitrogens is 3. The van der Waals surface area contributed by atoms with E-state index in [1.807, 2.05) is 6.92 Å². The average molecular weight is 375 g/mol. The number of benzene rings is 1. The normalized spacial score (nSPS) is 15.0. The summed E-state index contributed by atoms with van der Waals surface area (Å²) in [7, 11) is 3.15. The fraction of sp³-hybridized carbons (Fsp3) is 0.526. The number of Topliss-reactive ketones (excluding diaryl/α,β-unsaturated/α-hetero) is 1. The molecule has 1 fully saturated rings. The minimum absolute atomic E-state index is 0.0124. The van der Waals surface area contributed by atoms with E-state index < -0.39 is 0 Å². The Balaban J connectivity index is 1.74. The van der Waals surface area contributed by atoms with E-state index in [4.69, 9.17) is 9.47 Å². The second-order valence-corrected chi connectivity index (χ2v) is 7.41. The summed E-state index contributed by atoms with van der Waals surface area (Å²) in [5.74, 6) is 2.39. The third kappa shape index (κ3) is 4.03. The maximum atomic E-state index is 12.7. The zero-order chi connectivity index (χ0) is 18.5. The third-order valence-corrected chi connectivity index (χ3v) is 5.76. The first-order valence-corrected chi connectivity index (χ1v) is 9.92. The molecule has 6 nitrogen and oxygen atoms in total. The molecule has 1 heterocycles. The Kier molecular flexibility index (Phi) is 6.19. The van der Waals surface area contributed by atoms with E-state index >= 15 is 0 Å². The average Bonchev–Trinajstić information content (AvgIpc) is 3.06. The van der Waals surface area contributed by atoms with Gasteiger partial charge < -0.3 is 14.0 Å². The highest BCUT2D eigenvalue weighted by atomic mass is 32.2. The lowest BCUT2D eigenvalue weighted by molar-refractivity contribution is 0.101. The molecule has 1 aromatic carbocycles. The highest BCUT2D eigenvalue weighted by molar-refractivity contribution is 7.99. The number of nitrogens with zero attached hydrogens (tertiary/aromatic N) is 3. The van der Waals surface area contributed by atoms with E-state index in [0.717, 1.165) is 23.8 Å². The summed E-state index contributed by atoms with van der Waals surface area (Å²) in [5.41, 5.74) is 0.528. The van der Waals surface area contributed by atoms with Crippen molar-refractivity contribution in [3.05, 3.63) is 29.6 Å². The van der Waals surface area contributed by atoms with Gasteiger partial charge in [-0.1, -0.05) is 31.0 Å². The molecule has 0 saturated heterocycles. The first kappa shape index (κ1) is 18.8. The smallest absolute Gasteiger partial charge is 0.191 e. The molecule has 0 amide bonds. The van der Waals surface area contributed by atoms with Crippen LogP contribution in [0.2, 0.25) is 0 Å². The van der Waals surface area contributed by atoms with Crippen molar-refractivity contribution in [3.63, 3.8) is 0 Å². The van der Waals surface area contributed by atoms with Gasteiger partial charge in [-0.3, -0.25) is 4.79 Å². The van der Waals surface area contributed by atoms with Crippen molar-refractivity contribution in [2.75, 3.05) is 20.0 Å². The highest BCUT2D eigenvalue weighted by Crippen LogP contribution is 2.33. The van der Waals surface area contributed by atoms with Crippen LogP contribution < -0.4 is 9.47 Å². The Bertz CT molecular complexity index is 769. The first-order valence-electron chi connectivity index (χ1n) is 8.93. The lowest BCUT2D eigenvalue weighted by atomic mass is 9.95. The summed E-state index contributed by atoms with van der Waals surface area (Å²) in [6.45, 7) is 1.98. The Morgan fingerprint density at radius 3 is 2.65 bits per heavy atom. The number of hydrogen-bond donors (Lipinski definition) is 0. The summed E-state index contributed by atoms with van der Waals surface area (Å²) in [4.78, 5) is 12.7. The molecule has 3 rings (SSSR count). The van der Waals surface area contributed by atoms with E-state index in [0.29, 0.717) is 23.1 Å². The molecule has 2 aromatic rings. The van der Waals surface area contributed by atoms with Crippen LogP contribution in [-0.2, 0) is 0 Å². The molecule has 1 aromatic heterocycles. The molecule has 0 spiro atoms. The summed E-state index contributed by atoms with van der Waals surface area (Å²) < 4.78 is 12.8. The van der Waals surface area contributed by atoms with Crippen LogP contribution in [0.3, 0.4) is 0 Å². The fourth-order valence-electron chi connectivity index (χ4n) is 3.45. The molecule has 0 bridgehead atoms. The summed E-state index contributed by atoms with van der Waals surface area (Å²) >= 11 is 1.44. The standard InChI is InChI=1S/C19H25N3O3S/c1-13-20-21-19(22(13)14-7-5-4-6-8-14)26-12-17(23)16-11-15(24-2)9-10-18(16)25-3/h9-11,14H,4-8,12H2,1-3H3. The molecule has 0 unspecified atom stereocenters. The minimum Gasteiger partial charge on any atom is -0.497 e. The number of thioether (sulfide) groups is 1. The Hall–Kier alpha value is -2.02. The molecule has 0 atom stereocenters. The van der Waals surface area contributed by atoms with Gasteiger partial charge in [0.05, 0.1) is 25.5 Å². The van der Waals surface area contributed by atoms with E-state index in [1.165, 1.54) is 31.0 Å². The Labute approximate surface area is 158 Å². The van der Waals surface area contributed by atoms with Crippen LogP contribution in [0.1, 0.15) is 54.3 Å². The highest BCUT2D eigenvalue weighted by Gasteiger charge is 2.22. The summed E-state index contributed by atoms with van der Waals surface area (Å²) in [5, 5.41) is 9.36. The lowest BCUT2D eigenvalue weighted by Gasteiger charge is -2.24. The monoisotopic (exact) mass is 375 g/mol. The van der Waals surface area contributed by atoms with Crippen LogP contribution in [0.25, 0.3) is 0 Å². The molecular formula is C19H25N3O3S. The van der Waals surface area contributed by atoms with Crippen LogP contribution >= 0.6 is 11.8 Å². The van der Waals surface area contributed by atoms with Crippen LogP contribution in [0.5, 0.6) is 11.5 Å². The van der Waals surface area contributed by atoms with Crippen molar-refractivity contribution in [1.82, 2.24) is 14.8 Å². The molecule has 7 heteroatoms. The Morgan fingerprint density at radius 1 is 1.19 bits per heavy atom. The lowest BCUT2D eigenvalue weighted by Crippen LogP contribution is -2.15. The van der Waals surface area contributed by atoms with E-state index in [9.17, 15) is 4.79 Å². The molecule has 26 heavy (non-hydrogen) atoms. The first-order chi connectivity index (χ1) is 12.6. The van der Waals surface area contributed by atoms with Gasteiger partial charge in [-0.05, 0) is 38.0 Å². The molecule has 0 N–H and O–H groups in total. The predicted octanol–water partition coefficient (Wildman–Crippen LogP) is 4.08. The molecule has 1 aliphatic carbocycles. The van der Waals surface area contributed by atoms with Gasteiger partial charge in [0.2, 0.25) is 0 Å². The van der Waals surface area contributed by atoms with Crippen molar-refractivity contribution in [3.8, 4) is 11.5 Å². The van der Waals surface area contributed by atoms with Gasteiger partial charge >= 0.3 is 0 Å². The maximum absolute atomic E-state index is 12.7. The number of rotatable bonds is 7. The van der Waals surface area contributed by atoms with Crippen molar-refractivity contribution in [1.29, 1.82) is 0 Å². The van der Waals surface area contributed by atoms with Crippen molar-refractivity contribution >= 4 is 17.5 Å². The predicted molar refractivity (Wildman–Crippen MR) is 101 cm³/mol. The van der Waals surface area contributed by atoms with Gasteiger partial charge in [0.15, 0.2) is 10.9 Å². The number of hydrogen-bond acceptors (Lipinski definition) is 6. The number of ether oxygens (including phenoxy) is 2. The minimum atomic E-state index is -0.0124. The largest absolute Gasteiger partial charge is 0.497 e. The molecule has 1 saturated carbocycles. The van der Waals surface area contributed by atoms with Gasteiger partial charge in [-0.25, -0.2) is 0 Å². The quantitative estimate of drug-likeness (QED) is 0.536. The number of methoxy groups -OCH3 is 2. The zero-order valence-corrected chi connectivity index (χ0v) is 16.3. The van der Waals surface area contributed by atoms with Crippen LogP contribution in [0, 0.1) is 6.92 Å². The van der Waals surface area contributed by atoms with Gasteiger partial charge in [0, 0.05) is 6.04 Å².